The standard InChI is InChI=1S/C14H21N3O3/c1-14(2,3)12(15)13(18)16(4)9-10-6-5-7-11(8-10)17(19)20/h5-8,12H,9,15H2,1-4H3. The van der Waals surface area contributed by atoms with E-state index in [4.69, 9.17) is 5.73 Å². The molecule has 0 aromatic heterocycles. The van der Waals surface area contributed by atoms with E-state index in [9.17, 15) is 14.9 Å². The van der Waals surface area contributed by atoms with Gasteiger partial charge < -0.3 is 10.6 Å². The van der Waals surface area contributed by atoms with Gasteiger partial charge in [0.05, 0.1) is 11.0 Å². The lowest BCUT2D eigenvalue weighted by Gasteiger charge is -2.30. The molecule has 0 radical (unpaired) electrons. The fourth-order valence-electron chi connectivity index (χ4n) is 1.73. The molecule has 2 N–H and O–H groups in total. The molecule has 0 aliphatic carbocycles. The average molecular weight is 279 g/mol. The highest BCUT2D eigenvalue weighted by Gasteiger charge is 2.29. The Labute approximate surface area is 118 Å². The van der Waals surface area contributed by atoms with Crippen LogP contribution in [0.25, 0.3) is 0 Å². The van der Waals surface area contributed by atoms with Crippen LogP contribution in [0.1, 0.15) is 26.3 Å². The molecule has 6 nitrogen and oxygen atoms in total. The molecule has 20 heavy (non-hydrogen) atoms. The Morgan fingerprint density at radius 2 is 2.05 bits per heavy atom. The van der Waals surface area contributed by atoms with Crippen LogP contribution in [0.15, 0.2) is 24.3 Å². The smallest absolute Gasteiger partial charge is 0.269 e. The minimum absolute atomic E-state index is 0.0171. The summed E-state index contributed by atoms with van der Waals surface area (Å²) in [5, 5.41) is 10.7. The number of nitrogens with zero attached hydrogens (tertiary/aromatic N) is 2. The fraction of sp³-hybridized carbons (Fsp3) is 0.500. The molecule has 0 spiro atoms. The van der Waals surface area contributed by atoms with Crippen LogP contribution in [-0.4, -0.2) is 28.8 Å². The fourth-order valence-corrected chi connectivity index (χ4v) is 1.73. The average Bonchev–Trinajstić information content (AvgIpc) is 2.36. The maximum atomic E-state index is 12.2. The van der Waals surface area contributed by atoms with Crippen LogP contribution in [0, 0.1) is 15.5 Å². The summed E-state index contributed by atoms with van der Waals surface area (Å²) in [6.07, 6.45) is 0. The van der Waals surface area contributed by atoms with Crippen LogP contribution in [-0.2, 0) is 11.3 Å². The molecule has 110 valence electrons. The lowest BCUT2D eigenvalue weighted by molar-refractivity contribution is -0.384. The third-order valence-corrected chi connectivity index (χ3v) is 3.12. The van der Waals surface area contributed by atoms with Crippen molar-refractivity contribution in [1.29, 1.82) is 0 Å². The first-order valence-electron chi connectivity index (χ1n) is 6.37. The van der Waals surface area contributed by atoms with Gasteiger partial charge in [-0.15, -0.1) is 0 Å². The lowest BCUT2D eigenvalue weighted by atomic mass is 9.86. The molecular formula is C14H21N3O3. The summed E-state index contributed by atoms with van der Waals surface area (Å²) < 4.78 is 0. The highest BCUT2D eigenvalue weighted by Crippen LogP contribution is 2.20. The van der Waals surface area contributed by atoms with E-state index in [-0.39, 0.29) is 17.0 Å². The molecule has 1 aromatic carbocycles. The molecular weight excluding hydrogens is 258 g/mol. The van der Waals surface area contributed by atoms with Crippen LogP contribution in [0.4, 0.5) is 5.69 Å². The molecule has 1 atom stereocenters. The van der Waals surface area contributed by atoms with Gasteiger partial charge in [-0.25, -0.2) is 0 Å². The Bertz CT molecular complexity index is 509. The van der Waals surface area contributed by atoms with Gasteiger partial charge in [0.15, 0.2) is 0 Å². The molecule has 1 aromatic rings. The quantitative estimate of drug-likeness (QED) is 0.673. The van der Waals surface area contributed by atoms with Crippen molar-refractivity contribution in [2.45, 2.75) is 33.4 Å². The lowest BCUT2D eigenvalue weighted by Crippen LogP contribution is -2.48. The second-order valence-corrected chi connectivity index (χ2v) is 5.97. The molecule has 0 saturated carbocycles. The summed E-state index contributed by atoms with van der Waals surface area (Å²) >= 11 is 0. The van der Waals surface area contributed by atoms with Crippen molar-refractivity contribution in [3.05, 3.63) is 39.9 Å². The predicted molar refractivity (Wildman–Crippen MR) is 77.0 cm³/mol. The largest absolute Gasteiger partial charge is 0.340 e. The van der Waals surface area contributed by atoms with Crippen molar-refractivity contribution >= 4 is 11.6 Å². The highest BCUT2D eigenvalue weighted by molar-refractivity contribution is 5.82. The minimum atomic E-state index is -0.605. The van der Waals surface area contributed by atoms with Gasteiger partial charge in [-0.05, 0) is 11.0 Å². The number of rotatable bonds is 4. The first-order chi connectivity index (χ1) is 9.12. The van der Waals surface area contributed by atoms with Crippen molar-refractivity contribution < 1.29 is 9.72 Å². The monoisotopic (exact) mass is 279 g/mol. The summed E-state index contributed by atoms with van der Waals surface area (Å²) in [6.45, 7) is 5.99. The van der Waals surface area contributed by atoms with Crippen LogP contribution in [0.2, 0.25) is 0 Å². The van der Waals surface area contributed by atoms with Crippen LogP contribution in [0.5, 0.6) is 0 Å². The highest BCUT2D eigenvalue weighted by atomic mass is 16.6. The van der Waals surface area contributed by atoms with E-state index in [0.717, 1.165) is 0 Å². The number of nitro benzene ring substituents is 1. The first-order valence-corrected chi connectivity index (χ1v) is 6.37. The number of hydrogen-bond acceptors (Lipinski definition) is 4. The van der Waals surface area contributed by atoms with Gasteiger partial charge in [0.1, 0.15) is 0 Å². The molecule has 0 heterocycles. The molecule has 0 bridgehead atoms. The minimum Gasteiger partial charge on any atom is -0.340 e. The Balaban J connectivity index is 2.80. The van der Waals surface area contributed by atoms with Crippen LogP contribution < -0.4 is 5.73 Å². The predicted octanol–water partition coefficient (Wildman–Crippen LogP) is 1.93. The molecule has 1 rings (SSSR count). The zero-order chi connectivity index (χ0) is 15.5. The number of amides is 1. The van der Waals surface area contributed by atoms with Crippen molar-refractivity contribution in [3.63, 3.8) is 0 Å². The van der Waals surface area contributed by atoms with Gasteiger partial charge in [-0.3, -0.25) is 14.9 Å². The maximum Gasteiger partial charge on any atom is 0.269 e. The van der Waals surface area contributed by atoms with Gasteiger partial charge >= 0.3 is 0 Å². The van der Waals surface area contributed by atoms with Gasteiger partial charge in [0.25, 0.3) is 5.69 Å². The molecule has 0 fully saturated rings. The van der Waals surface area contributed by atoms with Gasteiger partial charge in [-0.1, -0.05) is 32.9 Å². The van der Waals surface area contributed by atoms with Crippen molar-refractivity contribution in [3.8, 4) is 0 Å². The number of carbonyl (C=O) groups excluding carboxylic acids is 1. The number of benzene rings is 1. The van der Waals surface area contributed by atoms with E-state index in [1.54, 1.807) is 19.2 Å². The SMILES string of the molecule is CN(Cc1cccc([N+](=O)[O-])c1)C(=O)C(N)C(C)(C)C. The molecule has 0 aliphatic heterocycles. The number of hydrogen-bond donors (Lipinski definition) is 1. The van der Waals surface area contributed by atoms with E-state index in [0.29, 0.717) is 12.1 Å². The Morgan fingerprint density at radius 1 is 1.45 bits per heavy atom. The van der Waals surface area contributed by atoms with Crippen molar-refractivity contribution in [2.75, 3.05) is 7.05 Å². The Kier molecular flexibility index (Phi) is 4.83. The summed E-state index contributed by atoms with van der Waals surface area (Å²) in [4.78, 5) is 23.9. The first kappa shape index (κ1) is 16.1. The van der Waals surface area contributed by atoms with Crippen LogP contribution in [0.3, 0.4) is 0 Å². The van der Waals surface area contributed by atoms with E-state index >= 15 is 0 Å². The zero-order valence-electron chi connectivity index (χ0n) is 12.3. The number of carbonyl (C=O) groups is 1. The summed E-state index contributed by atoms with van der Waals surface area (Å²) in [5.74, 6) is -0.177. The van der Waals surface area contributed by atoms with E-state index < -0.39 is 11.0 Å². The van der Waals surface area contributed by atoms with Gasteiger partial charge in [0.2, 0.25) is 5.91 Å². The second kappa shape index (κ2) is 6.00. The summed E-state index contributed by atoms with van der Waals surface area (Å²) in [7, 11) is 1.65. The summed E-state index contributed by atoms with van der Waals surface area (Å²) in [5.41, 5.74) is 6.32. The third kappa shape index (κ3) is 4.03. The van der Waals surface area contributed by atoms with Crippen molar-refractivity contribution in [1.82, 2.24) is 4.90 Å². The second-order valence-electron chi connectivity index (χ2n) is 5.97. The number of non-ortho nitro benzene ring substituents is 1. The van der Waals surface area contributed by atoms with E-state index in [1.807, 2.05) is 20.8 Å². The number of nitro groups is 1. The molecule has 6 heteroatoms. The van der Waals surface area contributed by atoms with E-state index in [1.165, 1.54) is 17.0 Å². The molecule has 1 amide bonds. The third-order valence-electron chi connectivity index (χ3n) is 3.12. The molecule has 0 saturated heterocycles. The maximum absolute atomic E-state index is 12.2. The van der Waals surface area contributed by atoms with Gasteiger partial charge in [0, 0.05) is 25.7 Å². The van der Waals surface area contributed by atoms with Crippen LogP contribution >= 0.6 is 0 Å². The van der Waals surface area contributed by atoms with Gasteiger partial charge in [-0.2, -0.15) is 0 Å². The topological polar surface area (TPSA) is 89.5 Å². The number of likely N-dealkylation sites (N-methyl/N-ethyl adjacent to an activating group) is 1. The Morgan fingerprint density at radius 3 is 2.55 bits per heavy atom. The van der Waals surface area contributed by atoms with Crippen molar-refractivity contribution in [2.24, 2.45) is 11.1 Å². The zero-order valence-corrected chi connectivity index (χ0v) is 12.3. The Hall–Kier alpha value is -1.95. The molecule has 1 unspecified atom stereocenters. The number of nitrogens with two attached hydrogens (primary N) is 1. The normalized spacial score (nSPS) is 12.8. The van der Waals surface area contributed by atoms with E-state index in [2.05, 4.69) is 0 Å². The summed E-state index contributed by atoms with van der Waals surface area (Å²) in [6, 6.07) is 5.64. The molecule has 0 aliphatic rings.